The number of aromatic nitrogens is 3. The van der Waals surface area contributed by atoms with Gasteiger partial charge in [0.15, 0.2) is 5.58 Å². The zero-order chi connectivity index (χ0) is 35.2. The van der Waals surface area contributed by atoms with Crippen LogP contribution in [-0.2, 0) is 0 Å². The van der Waals surface area contributed by atoms with Crippen LogP contribution in [0.3, 0.4) is 0 Å². The summed E-state index contributed by atoms with van der Waals surface area (Å²) < 4.78 is 39.6. The average molecular weight is 629 g/mol. The van der Waals surface area contributed by atoms with Crippen LogP contribution in [0.25, 0.3) is 83.4 Å². The fourth-order valence-corrected chi connectivity index (χ4v) is 7.17. The molecule has 0 spiro atoms. The van der Waals surface area contributed by atoms with Crippen LogP contribution in [-0.4, -0.2) is 14.5 Å². The van der Waals surface area contributed by atoms with Gasteiger partial charge in [-0.25, -0.2) is 9.97 Å². The average Bonchev–Trinajstić information content (AvgIpc) is 3.80. The molecule has 0 fully saturated rings. The van der Waals surface area contributed by atoms with Crippen LogP contribution in [0.4, 0.5) is 0 Å². The van der Waals surface area contributed by atoms with Crippen LogP contribution in [0.5, 0.6) is 0 Å². The summed E-state index contributed by atoms with van der Waals surface area (Å²) in [6.45, 7) is 6.69. The molecule has 5 heteroatoms. The molecule has 0 bridgehead atoms. The summed E-state index contributed by atoms with van der Waals surface area (Å²) in [6, 6.07) is 36.5. The number of fused-ring (bicyclic) bond motifs is 7. The van der Waals surface area contributed by atoms with Crippen molar-refractivity contribution in [2.24, 2.45) is 0 Å². The predicted octanol–water partition coefficient (Wildman–Crippen LogP) is 12.1. The molecule has 0 aliphatic carbocycles. The van der Waals surface area contributed by atoms with Crippen molar-refractivity contribution in [1.82, 2.24) is 14.5 Å². The fourth-order valence-electron chi connectivity index (χ4n) is 7.17. The van der Waals surface area contributed by atoms with Gasteiger partial charge in [0.2, 0.25) is 5.71 Å². The fraction of sp³-hybridized carbons (Fsp3) is 0.163. The number of imidazole rings is 1. The van der Waals surface area contributed by atoms with Crippen LogP contribution < -0.4 is 0 Å². The van der Waals surface area contributed by atoms with E-state index in [9.17, 15) is 0 Å². The Balaban J connectivity index is 1.34. The first-order chi connectivity index (χ1) is 24.6. The number of furan rings is 2. The Kier molecular flexibility index (Phi) is 5.65. The van der Waals surface area contributed by atoms with Crippen LogP contribution >= 0.6 is 0 Å². The van der Waals surface area contributed by atoms with Crippen molar-refractivity contribution in [3.63, 3.8) is 0 Å². The van der Waals surface area contributed by atoms with Crippen LogP contribution in [0, 0.1) is 6.85 Å². The highest BCUT2D eigenvalue weighted by Crippen LogP contribution is 2.43. The standard InChI is InChI=1S/C43H35N3O2/c1-24(2)31-21-28(27-14-7-6-8-15-27)22-32(25(3)4)40(31)46-35-19-10-9-18-34(35)44-42(46)30-17-12-16-29-39-37(47-41(29)30)23-33-38-26(5)13-11-20-36(38)48-43(33)45-39/h6-25H,1-5H3/i5D3. The molecule has 0 saturated carbocycles. The van der Waals surface area contributed by atoms with Gasteiger partial charge in [0.1, 0.15) is 22.5 Å². The predicted molar refractivity (Wildman–Crippen MR) is 197 cm³/mol. The second-order valence-corrected chi connectivity index (χ2v) is 13.2. The van der Waals surface area contributed by atoms with E-state index in [4.69, 9.17) is 22.9 Å². The highest BCUT2D eigenvalue weighted by Gasteiger charge is 2.26. The van der Waals surface area contributed by atoms with Crippen LogP contribution in [0.2, 0.25) is 0 Å². The van der Waals surface area contributed by atoms with Crippen LogP contribution in [0.1, 0.15) is 60.3 Å². The number of aryl methyl sites for hydroxylation is 1. The Labute approximate surface area is 282 Å². The second kappa shape index (κ2) is 10.7. The molecule has 0 saturated heterocycles. The Bertz CT molecular complexity index is 2780. The molecule has 48 heavy (non-hydrogen) atoms. The minimum Gasteiger partial charge on any atom is -0.454 e. The summed E-state index contributed by atoms with van der Waals surface area (Å²) in [6.07, 6.45) is 0. The third-order valence-corrected chi connectivity index (χ3v) is 9.48. The maximum atomic E-state index is 8.16. The SMILES string of the molecule is [2H]C([2H])([2H])c1cccc2oc3nc4c(cc3c12)oc1c(-c2nc3ccccc3n2-c2c(C(C)C)cc(-c3ccccc3)cc2C(C)C)cccc14. The first-order valence-corrected chi connectivity index (χ1v) is 16.5. The van der Waals surface area contributed by atoms with E-state index in [2.05, 4.69) is 99.0 Å². The van der Waals surface area contributed by atoms with Gasteiger partial charge in [-0.15, -0.1) is 0 Å². The highest BCUT2D eigenvalue weighted by atomic mass is 16.3. The van der Waals surface area contributed by atoms with Gasteiger partial charge in [-0.05, 0) is 95.0 Å². The maximum Gasteiger partial charge on any atom is 0.228 e. The lowest BCUT2D eigenvalue weighted by Gasteiger charge is -2.24. The first-order valence-electron chi connectivity index (χ1n) is 18.0. The smallest absolute Gasteiger partial charge is 0.228 e. The van der Waals surface area contributed by atoms with Gasteiger partial charge in [0, 0.05) is 14.9 Å². The molecule has 0 atom stereocenters. The maximum absolute atomic E-state index is 8.16. The monoisotopic (exact) mass is 628 g/mol. The van der Waals surface area contributed by atoms with Crippen molar-refractivity contribution in [2.75, 3.05) is 0 Å². The van der Waals surface area contributed by atoms with Crippen molar-refractivity contribution >= 4 is 55.2 Å². The van der Waals surface area contributed by atoms with E-state index in [1.54, 1.807) is 18.2 Å². The zero-order valence-electron chi connectivity index (χ0n) is 30.2. The Morgan fingerprint density at radius 3 is 2.19 bits per heavy atom. The van der Waals surface area contributed by atoms with Gasteiger partial charge < -0.3 is 8.83 Å². The van der Waals surface area contributed by atoms with E-state index in [0.717, 1.165) is 33.5 Å². The van der Waals surface area contributed by atoms with E-state index in [-0.39, 0.29) is 17.4 Å². The molecule has 4 aromatic heterocycles. The van der Waals surface area contributed by atoms with E-state index >= 15 is 0 Å². The number of pyridine rings is 1. The largest absolute Gasteiger partial charge is 0.454 e. The molecular formula is C43H35N3O2. The van der Waals surface area contributed by atoms with Gasteiger partial charge in [0.25, 0.3) is 0 Å². The van der Waals surface area contributed by atoms with Crippen LogP contribution in [0.15, 0.2) is 118 Å². The minimum atomic E-state index is -2.31. The van der Waals surface area contributed by atoms with Gasteiger partial charge in [-0.1, -0.05) is 88.4 Å². The summed E-state index contributed by atoms with van der Waals surface area (Å²) in [5.74, 6) is 1.23. The first kappa shape index (κ1) is 25.4. The lowest BCUT2D eigenvalue weighted by atomic mass is 9.88. The lowest BCUT2D eigenvalue weighted by Crippen LogP contribution is -2.09. The quantitative estimate of drug-likeness (QED) is 0.190. The molecule has 9 rings (SSSR count). The van der Waals surface area contributed by atoms with E-state index in [1.807, 2.05) is 24.3 Å². The number of hydrogen-bond acceptors (Lipinski definition) is 4. The Hall–Kier alpha value is -5.68. The number of nitrogens with zero attached hydrogens (tertiary/aromatic N) is 3. The lowest BCUT2D eigenvalue weighted by molar-refractivity contribution is 0.652. The molecular weight excluding hydrogens is 590 g/mol. The summed E-state index contributed by atoms with van der Waals surface area (Å²) in [7, 11) is 0. The number of para-hydroxylation sites is 3. The molecule has 9 aromatic rings. The highest BCUT2D eigenvalue weighted by molar-refractivity contribution is 6.14. The molecule has 0 aliphatic heterocycles. The van der Waals surface area contributed by atoms with Gasteiger partial charge in [-0.3, -0.25) is 4.57 Å². The van der Waals surface area contributed by atoms with Crippen molar-refractivity contribution in [1.29, 1.82) is 0 Å². The van der Waals surface area contributed by atoms with E-state index in [1.165, 1.54) is 22.3 Å². The van der Waals surface area contributed by atoms with Gasteiger partial charge >= 0.3 is 0 Å². The Morgan fingerprint density at radius 2 is 1.42 bits per heavy atom. The summed E-state index contributed by atoms with van der Waals surface area (Å²) in [4.78, 5) is 10.2. The molecule has 0 N–H and O–H groups in total. The van der Waals surface area contributed by atoms with Crippen molar-refractivity contribution in [2.45, 2.75) is 46.4 Å². The molecule has 0 amide bonds. The summed E-state index contributed by atoms with van der Waals surface area (Å²) >= 11 is 0. The van der Waals surface area contributed by atoms with Crippen molar-refractivity contribution < 1.29 is 12.9 Å². The molecule has 234 valence electrons. The number of benzene rings is 5. The second-order valence-electron chi connectivity index (χ2n) is 13.2. The van der Waals surface area contributed by atoms with Gasteiger partial charge in [-0.2, -0.15) is 0 Å². The molecule has 5 aromatic carbocycles. The third kappa shape index (κ3) is 4.24. The number of rotatable bonds is 5. The molecule has 0 radical (unpaired) electrons. The topological polar surface area (TPSA) is 57.0 Å². The molecule has 0 aliphatic rings. The minimum absolute atomic E-state index is 0.227. The van der Waals surface area contributed by atoms with E-state index in [0.29, 0.717) is 38.8 Å². The summed E-state index contributed by atoms with van der Waals surface area (Å²) in [5.41, 5.74) is 11.7. The third-order valence-electron chi connectivity index (χ3n) is 9.48. The summed E-state index contributed by atoms with van der Waals surface area (Å²) in [5, 5.41) is 1.97. The number of hydrogen-bond donors (Lipinski definition) is 0. The molecule has 5 nitrogen and oxygen atoms in total. The normalized spacial score (nSPS) is 13.4. The Morgan fingerprint density at radius 1 is 0.667 bits per heavy atom. The molecule has 0 unspecified atom stereocenters. The van der Waals surface area contributed by atoms with Crippen molar-refractivity contribution in [3.05, 3.63) is 126 Å². The zero-order valence-corrected chi connectivity index (χ0v) is 27.2. The molecule has 4 heterocycles. The van der Waals surface area contributed by atoms with Crippen molar-refractivity contribution in [3.8, 4) is 28.2 Å². The van der Waals surface area contributed by atoms with Gasteiger partial charge in [0.05, 0.1) is 27.7 Å². The van der Waals surface area contributed by atoms with E-state index < -0.39 is 6.85 Å².